The number of hydrogen-bond acceptors (Lipinski definition) is 3. The van der Waals surface area contributed by atoms with Crippen molar-refractivity contribution in [1.29, 1.82) is 0 Å². The lowest BCUT2D eigenvalue weighted by atomic mass is 9.99. The number of rotatable bonds is 3. The molecule has 1 aliphatic heterocycles. The quantitative estimate of drug-likeness (QED) is 0.544. The van der Waals surface area contributed by atoms with E-state index in [1.165, 1.54) is 12.1 Å². The predicted octanol–water partition coefficient (Wildman–Crippen LogP) is 5.42. The van der Waals surface area contributed by atoms with Crippen LogP contribution in [0.15, 0.2) is 46.9 Å². The molecule has 4 nitrogen and oxygen atoms in total. The van der Waals surface area contributed by atoms with Gasteiger partial charge < -0.3 is 9.32 Å². The van der Waals surface area contributed by atoms with E-state index in [4.69, 9.17) is 16.0 Å². The van der Waals surface area contributed by atoms with Gasteiger partial charge >= 0.3 is 6.18 Å². The highest BCUT2D eigenvalue weighted by atomic mass is 35.5. The van der Waals surface area contributed by atoms with Gasteiger partial charge in [-0.25, -0.2) is 4.98 Å². The van der Waals surface area contributed by atoms with Crippen molar-refractivity contribution in [1.82, 2.24) is 9.88 Å². The maximum absolute atomic E-state index is 13.3. The molecule has 1 aromatic heterocycles. The second-order valence-electron chi connectivity index (χ2n) is 6.66. The minimum Gasteiger partial charge on any atom is -0.438 e. The smallest absolute Gasteiger partial charge is 0.417 e. The zero-order chi connectivity index (χ0) is 19.9. The summed E-state index contributed by atoms with van der Waals surface area (Å²) in [7, 11) is 0. The molecule has 146 valence electrons. The first-order valence-corrected chi connectivity index (χ1v) is 9.34. The molecule has 1 aliphatic rings. The van der Waals surface area contributed by atoms with Crippen molar-refractivity contribution in [3.05, 3.63) is 53.9 Å². The van der Waals surface area contributed by atoms with E-state index in [0.717, 1.165) is 12.5 Å². The molecule has 2 aromatic carbocycles. The molecule has 3 aromatic rings. The Labute approximate surface area is 163 Å². The van der Waals surface area contributed by atoms with Crippen molar-refractivity contribution in [2.45, 2.75) is 25.1 Å². The van der Waals surface area contributed by atoms with Crippen molar-refractivity contribution >= 4 is 28.6 Å². The standard InChI is InChI=1S/C20H16ClF3N2O2/c21-11-18(27)26-9-3-6-16(26)19-25-15-10-12(7-8-17(15)28-19)13-4-1-2-5-14(13)20(22,23)24/h1-2,4-5,7-8,10,16H,3,6,9,11H2. The van der Waals surface area contributed by atoms with Crippen LogP contribution >= 0.6 is 11.6 Å². The van der Waals surface area contributed by atoms with Gasteiger partial charge in [0.05, 0.1) is 5.56 Å². The SMILES string of the molecule is O=C(CCl)N1CCCC1c1nc2cc(-c3ccccc3C(F)(F)F)ccc2o1. The number of nitrogens with zero attached hydrogens (tertiary/aromatic N) is 2. The third kappa shape index (κ3) is 3.35. The maximum Gasteiger partial charge on any atom is 0.417 e. The van der Waals surface area contributed by atoms with Crippen molar-refractivity contribution in [2.24, 2.45) is 0 Å². The normalized spacial score (nSPS) is 17.4. The van der Waals surface area contributed by atoms with E-state index in [0.29, 0.717) is 35.5 Å². The molecule has 0 spiro atoms. The Hall–Kier alpha value is -2.54. The average Bonchev–Trinajstić information content (AvgIpc) is 3.32. The number of likely N-dealkylation sites (tertiary alicyclic amines) is 1. The van der Waals surface area contributed by atoms with Crippen molar-refractivity contribution in [2.75, 3.05) is 12.4 Å². The number of aromatic nitrogens is 1. The molecule has 0 saturated carbocycles. The van der Waals surface area contributed by atoms with E-state index in [1.54, 1.807) is 29.2 Å². The number of amides is 1. The molecule has 1 unspecified atom stereocenters. The molecule has 1 fully saturated rings. The summed E-state index contributed by atoms with van der Waals surface area (Å²) in [6, 6.07) is 9.89. The van der Waals surface area contributed by atoms with Gasteiger partial charge in [-0.3, -0.25) is 4.79 Å². The summed E-state index contributed by atoms with van der Waals surface area (Å²) in [5, 5.41) is 0. The Kier molecular flexibility index (Phi) is 4.79. The Morgan fingerprint density at radius 1 is 1.25 bits per heavy atom. The van der Waals surface area contributed by atoms with Crippen LogP contribution < -0.4 is 0 Å². The predicted molar refractivity (Wildman–Crippen MR) is 98.9 cm³/mol. The van der Waals surface area contributed by atoms with Crippen LogP contribution in [-0.2, 0) is 11.0 Å². The number of carbonyl (C=O) groups is 1. The van der Waals surface area contributed by atoms with E-state index in [-0.39, 0.29) is 23.4 Å². The number of benzene rings is 2. The summed E-state index contributed by atoms with van der Waals surface area (Å²) < 4.78 is 45.8. The number of oxazole rings is 1. The highest BCUT2D eigenvalue weighted by molar-refractivity contribution is 6.27. The van der Waals surface area contributed by atoms with Gasteiger partial charge in [0.2, 0.25) is 11.8 Å². The largest absolute Gasteiger partial charge is 0.438 e. The summed E-state index contributed by atoms with van der Waals surface area (Å²) in [4.78, 5) is 18.1. The van der Waals surface area contributed by atoms with Crippen LogP contribution in [0, 0.1) is 0 Å². The van der Waals surface area contributed by atoms with Gasteiger partial charge in [-0.2, -0.15) is 13.2 Å². The van der Waals surface area contributed by atoms with Crippen molar-refractivity contribution in [3.8, 4) is 11.1 Å². The Morgan fingerprint density at radius 2 is 2.04 bits per heavy atom. The lowest BCUT2D eigenvalue weighted by Gasteiger charge is -2.20. The summed E-state index contributed by atoms with van der Waals surface area (Å²) in [6.45, 7) is 0.582. The molecular weight excluding hydrogens is 393 g/mol. The van der Waals surface area contributed by atoms with Gasteiger partial charge in [-0.1, -0.05) is 24.3 Å². The zero-order valence-electron chi connectivity index (χ0n) is 14.7. The highest BCUT2D eigenvalue weighted by Crippen LogP contribution is 2.38. The van der Waals surface area contributed by atoms with Gasteiger partial charge in [-0.05, 0) is 42.2 Å². The minimum absolute atomic E-state index is 0.0845. The molecule has 1 amide bonds. The molecule has 1 saturated heterocycles. The molecular formula is C20H16ClF3N2O2. The van der Waals surface area contributed by atoms with E-state index in [9.17, 15) is 18.0 Å². The second-order valence-corrected chi connectivity index (χ2v) is 6.92. The summed E-state index contributed by atoms with van der Waals surface area (Å²) in [5.41, 5.74) is 0.706. The lowest BCUT2D eigenvalue weighted by molar-refractivity contribution is -0.137. The Bertz CT molecular complexity index is 1030. The van der Waals surface area contributed by atoms with Crippen LogP contribution in [0.1, 0.15) is 30.3 Å². The van der Waals surface area contributed by atoms with Crippen molar-refractivity contribution in [3.63, 3.8) is 0 Å². The minimum atomic E-state index is -4.45. The van der Waals surface area contributed by atoms with Crippen molar-refractivity contribution < 1.29 is 22.4 Å². The van der Waals surface area contributed by atoms with E-state index in [2.05, 4.69) is 4.98 Å². The molecule has 0 N–H and O–H groups in total. The van der Waals surface area contributed by atoms with Gasteiger partial charge in [0.25, 0.3) is 0 Å². The third-order valence-electron chi connectivity index (χ3n) is 4.92. The van der Waals surface area contributed by atoms with Crippen LogP contribution in [0.25, 0.3) is 22.2 Å². The molecule has 2 heterocycles. The first-order chi connectivity index (χ1) is 13.4. The molecule has 28 heavy (non-hydrogen) atoms. The Balaban J connectivity index is 1.73. The highest BCUT2D eigenvalue weighted by Gasteiger charge is 2.34. The van der Waals surface area contributed by atoms with E-state index >= 15 is 0 Å². The van der Waals surface area contributed by atoms with Crippen LogP contribution in [0.2, 0.25) is 0 Å². The first kappa shape index (κ1) is 18.8. The summed E-state index contributed by atoms with van der Waals surface area (Å²) >= 11 is 5.67. The zero-order valence-corrected chi connectivity index (χ0v) is 15.4. The maximum atomic E-state index is 13.3. The first-order valence-electron chi connectivity index (χ1n) is 8.81. The van der Waals surface area contributed by atoms with E-state index < -0.39 is 11.7 Å². The fourth-order valence-electron chi connectivity index (χ4n) is 3.64. The number of hydrogen-bond donors (Lipinski definition) is 0. The number of fused-ring (bicyclic) bond motifs is 1. The molecule has 4 rings (SSSR count). The number of carbonyl (C=O) groups excluding carboxylic acids is 1. The van der Waals surface area contributed by atoms with Gasteiger partial charge in [-0.15, -0.1) is 11.6 Å². The molecule has 0 aliphatic carbocycles. The Morgan fingerprint density at radius 3 is 2.79 bits per heavy atom. The monoisotopic (exact) mass is 408 g/mol. The number of halogens is 4. The molecule has 0 bridgehead atoms. The van der Waals surface area contributed by atoms with Crippen LogP contribution in [0.4, 0.5) is 13.2 Å². The van der Waals surface area contributed by atoms with Crippen LogP contribution in [0.5, 0.6) is 0 Å². The van der Waals surface area contributed by atoms with Crippen LogP contribution in [0.3, 0.4) is 0 Å². The molecule has 1 atom stereocenters. The summed E-state index contributed by atoms with van der Waals surface area (Å²) in [6.07, 6.45) is -2.93. The third-order valence-corrected chi connectivity index (χ3v) is 5.15. The average molecular weight is 409 g/mol. The fraction of sp³-hybridized carbons (Fsp3) is 0.300. The van der Waals surface area contributed by atoms with Gasteiger partial charge in [0.1, 0.15) is 17.4 Å². The van der Waals surface area contributed by atoms with Gasteiger partial charge in [0.15, 0.2) is 5.58 Å². The van der Waals surface area contributed by atoms with Crippen LogP contribution in [-0.4, -0.2) is 28.2 Å². The fourth-order valence-corrected chi connectivity index (χ4v) is 3.79. The molecule has 8 heteroatoms. The van der Waals surface area contributed by atoms with Gasteiger partial charge in [0, 0.05) is 6.54 Å². The second kappa shape index (κ2) is 7.13. The lowest BCUT2D eigenvalue weighted by Crippen LogP contribution is -2.31. The number of alkyl halides is 4. The van der Waals surface area contributed by atoms with E-state index in [1.807, 2.05) is 0 Å². The summed E-state index contributed by atoms with van der Waals surface area (Å²) in [5.74, 6) is 0.0770. The topological polar surface area (TPSA) is 46.3 Å². The molecule has 0 radical (unpaired) electrons.